The SMILES string of the molecule is Cc1sc(-c2ccccn2)nc1OCC[C@]12C[C@H](O)[C@](C)(O1)c1c2c(O)n(-c2ccc(C#N)c3ccccc23)c1O. The third-order valence-corrected chi connectivity index (χ3v) is 9.26. The van der Waals surface area contributed by atoms with Crippen molar-refractivity contribution in [2.45, 2.75) is 44.0 Å². The van der Waals surface area contributed by atoms with Crippen molar-refractivity contribution in [3.63, 3.8) is 0 Å². The fourth-order valence-electron chi connectivity index (χ4n) is 6.35. The molecule has 10 heteroatoms. The number of nitrogens with zero attached hydrogens (tertiary/aromatic N) is 4. The lowest BCUT2D eigenvalue weighted by atomic mass is 9.76. The molecule has 3 N–H and O–H groups in total. The molecule has 2 aromatic carbocycles. The van der Waals surface area contributed by atoms with Crippen LogP contribution in [0.1, 0.15) is 41.3 Å². The molecule has 0 radical (unpaired) electrons. The number of aromatic hydroxyl groups is 2. The third kappa shape index (κ3) is 3.60. The molecule has 0 spiro atoms. The van der Waals surface area contributed by atoms with E-state index in [-0.39, 0.29) is 24.8 Å². The van der Waals surface area contributed by atoms with Crippen LogP contribution in [0.2, 0.25) is 0 Å². The number of benzene rings is 2. The Labute approximate surface area is 239 Å². The molecular formula is C31H26N4O5S. The maximum atomic E-state index is 11.7. The summed E-state index contributed by atoms with van der Waals surface area (Å²) in [6, 6.07) is 18.6. The molecular weight excluding hydrogens is 540 g/mol. The van der Waals surface area contributed by atoms with E-state index < -0.39 is 17.3 Å². The number of hydrogen-bond acceptors (Lipinski definition) is 9. The molecule has 5 aromatic rings. The Morgan fingerprint density at radius 2 is 1.85 bits per heavy atom. The first-order chi connectivity index (χ1) is 19.8. The Balaban J connectivity index is 1.25. The summed E-state index contributed by atoms with van der Waals surface area (Å²) in [5, 5.41) is 46.1. The molecule has 206 valence electrons. The van der Waals surface area contributed by atoms with Gasteiger partial charge < -0.3 is 24.8 Å². The minimum absolute atomic E-state index is 0.162. The van der Waals surface area contributed by atoms with Crippen LogP contribution in [0.25, 0.3) is 27.2 Å². The quantitative estimate of drug-likeness (QED) is 0.248. The number of aryl methyl sites for hydroxylation is 1. The summed E-state index contributed by atoms with van der Waals surface area (Å²) < 4.78 is 13.9. The molecule has 7 rings (SSSR count). The number of rotatable bonds is 6. The average molecular weight is 567 g/mol. The highest BCUT2D eigenvalue weighted by Crippen LogP contribution is 2.65. The number of nitriles is 1. The molecule has 0 saturated carbocycles. The number of aliphatic hydroxyl groups excluding tert-OH is 1. The number of pyridine rings is 1. The highest BCUT2D eigenvalue weighted by Gasteiger charge is 2.66. The molecule has 1 saturated heterocycles. The molecule has 3 atom stereocenters. The summed E-state index contributed by atoms with van der Waals surface area (Å²) in [5.41, 5.74) is 0.303. The Kier molecular flexibility index (Phi) is 5.63. The number of hydrogen-bond donors (Lipinski definition) is 3. The van der Waals surface area contributed by atoms with Gasteiger partial charge in [0.15, 0.2) is 0 Å². The zero-order valence-electron chi connectivity index (χ0n) is 22.3. The second-order valence-corrected chi connectivity index (χ2v) is 11.8. The van der Waals surface area contributed by atoms with E-state index in [2.05, 4.69) is 16.0 Å². The van der Waals surface area contributed by atoms with Crippen molar-refractivity contribution in [3.05, 3.63) is 82.4 Å². The van der Waals surface area contributed by atoms with Crippen LogP contribution in [0.5, 0.6) is 17.6 Å². The molecule has 1 fully saturated rings. The highest BCUT2D eigenvalue weighted by molar-refractivity contribution is 7.15. The Bertz CT molecular complexity index is 1880. The number of thiazole rings is 1. The van der Waals surface area contributed by atoms with E-state index in [9.17, 15) is 20.6 Å². The summed E-state index contributed by atoms with van der Waals surface area (Å²) in [4.78, 5) is 9.90. The Morgan fingerprint density at radius 3 is 2.61 bits per heavy atom. The van der Waals surface area contributed by atoms with E-state index in [1.54, 1.807) is 25.3 Å². The van der Waals surface area contributed by atoms with Gasteiger partial charge in [-0.25, -0.2) is 0 Å². The fraction of sp³-hybridized carbons (Fsp3) is 0.258. The summed E-state index contributed by atoms with van der Waals surface area (Å²) in [7, 11) is 0. The topological polar surface area (TPSA) is 134 Å². The normalized spacial score (nSPS) is 22.6. The maximum Gasteiger partial charge on any atom is 0.228 e. The van der Waals surface area contributed by atoms with Crippen LogP contribution < -0.4 is 4.74 Å². The average Bonchev–Trinajstić information content (AvgIpc) is 3.65. The van der Waals surface area contributed by atoms with Crippen molar-refractivity contribution in [3.8, 4) is 40.1 Å². The molecule has 3 aromatic heterocycles. The minimum Gasteiger partial charge on any atom is -0.494 e. The van der Waals surface area contributed by atoms with E-state index >= 15 is 0 Å². The van der Waals surface area contributed by atoms with Crippen molar-refractivity contribution in [1.82, 2.24) is 14.5 Å². The summed E-state index contributed by atoms with van der Waals surface area (Å²) in [6.45, 7) is 3.88. The summed E-state index contributed by atoms with van der Waals surface area (Å²) in [5.74, 6) is 0.136. The van der Waals surface area contributed by atoms with Crippen LogP contribution in [0, 0.1) is 18.3 Å². The first kappa shape index (κ1) is 25.5. The molecule has 5 heterocycles. The lowest BCUT2D eigenvalue weighted by molar-refractivity contribution is -0.107. The predicted octanol–water partition coefficient (Wildman–Crippen LogP) is 5.41. The second-order valence-electron chi connectivity index (χ2n) is 10.6. The fourth-order valence-corrected chi connectivity index (χ4v) is 7.19. The summed E-state index contributed by atoms with van der Waals surface area (Å²) in [6.07, 6.45) is 1.37. The first-order valence-corrected chi connectivity index (χ1v) is 14.1. The molecule has 0 aliphatic carbocycles. The van der Waals surface area contributed by atoms with E-state index in [0.717, 1.165) is 15.6 Å². The van der Waals surface area contributed by atoms with Gasteiger partial charge in [-0.3, -0.25) is 9.55 Å². The third-order valence-electron chi connectivity index (χ3n) is 8.28. The van der Waals surface area contributed by atoms with Crippen molar-refractivity contribution < 1.29 is 24.8 Å². The molecule has 2 aliphatic heterocycles. The minimum atomic E-state index is -1.22. The molecule has 0 unspecified atom stereocenters. The van der Waals surface area contributed by atoms with Gasteiger partial charge in [0, 0.05) is 29.8 Å². The Morgan fingerprint density at radius 1 is 1.10 bits per heavy atom. The largest absolute Gasteiger partial charge is 0.494 e. The second kappa shape index (κ2) is 9.04. The molecule has 41 heavy (non-hydrogen) atoms. The van der Waals surface area contributed by atoms with Crippen LogP contribution in [-0.2, 0) is 15.9 Å². The van der Waals surface area contributed by atoms with Gasteiger partial charge in [0.25, 0.3) is 0 Å². The zero-order chi connectivity index (χ0) is 28.5. The van der Waals surface area contributed by atoms with Gasteiger partial charge in [-0.05, 0) is 38.1 Å². The van der Waals surface area contributed by atoms with Crippen LogP contribution in [-0.4, -0.2) is 42.6 Å². The number of fused-ring (bicyclic) bond motifs is 6. The van der Waals surface area contributed by atoms with Crippen LogP contribution in [0.3, 0.4) is 0 Å². The van der Waals surface area contributed by atoms with Gasteiger partial charge in [0.2, 0.25) is 17.6 Å². The smallest absolute Gasteiger partial charge is 0.228 e. The lowest BCUT2D eigenvalue weighted by Gasteiger charge is -2.26. The molecule has 2 bridgehead atoms. The van der Waals surface area contributed by atoms with E-state index in [1.165, 1.54) is 15.9 Å². The van der Waals surface area contributed by atoms with Crippen LogP contribution >= 0.6 is 11.3 Å². The first-order valence-electron chi connectivity index (χ1n) is 13.3. The zero-order valence-corrected chi connectivity index (χ0v) is 23.1. The monoisotopic (exact) mass is 566 g/mol. The highest BCUT2D eigenvalue weighted by atomic mass is 32.1. The van der Waals surface area contributed by atoms with Crippen LogP contribution in [0.4, 0.5) is 0 Å². The standard InChI is InChI=1S/C31H26N4O5S/c1-17-26(34-27(41-17)21-9-5-6-13-33-21)39-14-12-31-15-23(36)30(2,40-31)24-25(31)29(38)35(28(24)37)22-11-10-18(16-32)19-7-3-4-8-20(19)22/h3-11,13,23,36-38H,12,14-15H2,1-2H3/t23-,30-,31+/m0/s1. The van der Waals surface area contributed by atoms with Crippen molar-refractivity contribution in [2.24, 2.45) is 0 Å². The van der Waals surface area contributed by atoms with Gasteiger partial charge >= 0.3 is 0 Å². The van der Waals surface area contributed by atoms with E-state index in [1.807, 2.05) is 49.4 Å². The van der Waals surface area contributed by atoms with Gasteiger partial charge in [-0.2, -0.15) is 10.2 Å². The Hall–Kier alpha value is -4.43. The predicted molar refractivity (Wildman–Crippen MR) is 152 cm³/mol. The van der Waals surface area contributed by atoms with Crippen molar-refractivity contribution in [2.75, 3.05) is 6.61 Å². The number of ether oxygens (including phenoxy) is 2. The van der Waals surface area contributed by atoms with Crippen molar-refractivity contribution in [1.29, 1.82) is 5.26 Å². The lowest BCUT2D eigenvalue weighted by Crippen LogP contribution is -2.33. The van der Waals surface area contributed by atoms with E-state index in [4.69, 9.17) is 9.47 Å². The van der Waals surface area contributed by atoms with Gasteiger partial charge in [0.1, 0.15) is 16.2 Å². The summed E-state index contributed by atoms with van der Waals surface area (Å²) >= 11 is 1.49. The number of aliphatic hydroxyl groups is 1. The maximum absolute atomic E-state index is 11.7. The van der Waals surface area contributed by atoms with Gasteiger partial charge in [-0.1, -0.05) is 30.3 Å². The van der Waals surface area contributed by atoms with Gasteiger partial charge in [-0.15, -0.1) is 11.3 Å². The molecule has 2 aliphatic rings. The van der Waals surface area contributed by atoms with E-state index in [0.29, 0.717) is 45.5 Å². The molecule has 0 amide bonds. The molecule has 9 nitrogen and oxygen atoms in total. The number of aromatic nitrogens is 3. The van der Waals surface area contributed by atoms with Gasteiger partial charge in [0.05, 0.1) is 51.7 Å². The van der Waals surface area contributed by atoms with Crippen LogP contribution in [0.15, 0.2) is 60.8 Å². The van der Waals surface area contributed by atoms with Crippen molar-refractivity contribution >= 4 is 22.1 Å².